The summed E-state index contributed by atoms with van der Waals surface area (Å²) in [5, 5.41) is 0. The molecule has 0 heterocycles. The zero-order valence-corrected chi connectivity index (χ0v) is 7.93. The van der Waals surface area contributed by atoms with Crippen molar-refractivity contribution < 1.29 is 4.74 Å². The Morgan fingerprint density at radius 1 is 1.56 bits per heavy atom. The van der Waals surface area contributed by atoms with Crippen molar-refractivity contribution >= 4 is 22.6 Å². The summed E-state index contributed by atoms with van der Waals surface area (Å²) < 4.78 is 6.29. The van der Waals surface area contributed by atoms with Gasteiger partial charge in [-0.2, -0.15) is 0 Å². The van der Waals surface area contributed by atoms with E-state index in [0.29, 0.717) is 6.10 Å². The zero-order chi connectivity index (χ0) is 6.69. The van der Waals surface area contributed by atoms with Crippen LogP contribution in [0.1, 0.15) is 26.2 Å². The van der Waals surface area contributed by atoms with Crippen molar-refractivity contribution in [2.24, 2.45) is 0 Å². The highest BCUT2D eigenvalue weighted by Crippen LogP contribution is 2.28. The Kier molecular flexibility index (Phi) is 3.26. The maximum Gasteiger partial charge on any atom is 0.0692 e. The SMILES string of the molecule is CCOC1CCCC1I. The molecule has 2 unspecified atom stereocenters. The van der Waals surface area contributed by atoms with Gasteiger partial charge in [-0.1, -0.05) is 22.6 Å². The Bertz CT molecular complexity index is 85.0. The number of hydrogen-bond acceptors (Lipinski definition) is 1. The lowest BCUT2D eigenvalue weighted by molar-refractivity contribution is 0.0745. The molecule has 1 aliphatic rings. The molecule has 2 atom stereocenters. The average molecular weight is 240 g/mol. The van der Waals surface area contributed by atoms with E-state index in [1.54, 1.807) is 0 Å². The molecule has 0 bridgehead atoms. The second-order valence-corrected chi connectivity index (χ2v) is 4.04. The molecule has 0 spiro atoms. The van der Waals surface area contributed by atoms with E-state index in [1.165, 1.54) is 19.3 Å². The highest BCUT2D eigenvalue weighted by atomic mass is 127. The fourth-order valence-corrected chi connectivity index (χ4v) is 2.29. The normalized spacial score (nSPS) is 35.3. The van der Waals surface area contributed by atoms with Gasteiger partial charge in [0.1, 0.15) is 0 Å². The first-order valence-corrected chi connectivity index (χ1v) is 4.85. The van der Waals surface area contributed by atoms with Crippen LogP contribution in [-0.2, 0) is 4.74 Å². The van der Waals surface area contributed by atoms with Gasteiger partial charge in [0.05, 0.1) is 6.10 Å². The van der Waals surface area contributed by atoms with Gasteiger partial charge in [0.25, 0.3) is 0 Å². The van der Waals surface area contributed by atoms with Crippen molar-refractivity contribution in [3.8, 4) is 0 Å². The Labute approximate surface area is 70.3 Å². The van der Waals surface area contributed by atoms with Crippen LogP contribution in [0.2, 0.25) is 0 Å². The lowest BCUT2D eigenvalue weighted by Crippen LogP contribution is -2.17. The second-order valence-electron chi connectivity index (χ2n) is 2.44. The van der Waals surface area contributed by atoms with E-state index in [0.717, 1.165) is 10.5 Å². The third-order valence-electron chi connectivity index (χ3n) is 1.75. The lowest BCUT2D eigenvalue weighted by atomic mass is 10.3. The first-order valence-electron chi connectivity index (χ1n) is 3.60. The van der Waals surface area contributed by atoms with E-state index in [1.807, 2.05) is 0 Å². The van der Waals surface area contributed by atoms with Gasteiger partial charge in [0.2, 0.25) is 0 Å². The van der Waals surface area contributed by atoms with Gasteiger partial charge in [0.15, 0.2) is 0 Å². The summed E-state index contributed by atoms with van der Waals surface area (Å²) in [6.45, 7) is 2.95. The van der Waals surface area contributed by atoms with Gasteiger partial charge in [0, 0.05) is 10.5 Å². The van der Waals surface area contributed by atoms with Crippen molar-refractivity contribution in [3.63, 3.8) is 0 Å². The Balaban J connectivity index is 2.22. The molecule has 54 valence electrons. The molecule has 0 aromatic carbocycles. The van der Waals surface area contributed by atoms with Gasteiger partial charge >= 0.3 is 0 Å². The third kappa shape index (κ3) is 2.08. The summed E-state index contributed by atoms with van der Waals surface area (Å²) in [5.41, 5.74) is 0. The van der Waals surface area contributed by atoms with Crippen LogP contribution in [-0.4, -0.2) is 16.6 Å². The van der Waals surface area contributed by atoms with Crippen molar-refractivity contribution in [1.29, 1.82) is 0 Å². The Morgan fingerprint density at radius 2 is 2.33 bits per heavy atom. The van der Waals surface area contributed by atoms with E-state index in [2.05, 4.69) is 29.5 Å². The molecule has 9 heavy (non-hydrogen) atoms. The van der Waals surface area contributed by atoms with Crippen LogP contribution >= 0.6 is 22.6 Å². The van der Waals surface area contributed by atoms with E-state index in [-0.39, 0.29) is 0 Å². The van der Waals surface area contributed by atoms with Crippen LogP contribution in [0, 0.1) is 0 Å². The smallest absolute Gasteiger partial charge is 0.0692 e. The first-order chi connectivity index (χ1) is 4.34. The number of rotatable bonds is 2. The molecule has 1 fully saturated rings. The zero-order valence-electron chi connectivity index (χ0n) is 5.77. The van der Waals surface area contributed by atoms with E-state index < -0.39 is 0 Å². The van der Waals surface area contributed by atoms with E-state index >= 15 is 0 Å². The summed E-state index contributed by atoms with van der Waals surface area (Å²) in [5.74, 6) is 0. The predicted octanol–water partition coefficient (Wildman–Crippen LogP) is 2.38. The fourth-order valence-electron chi connectivity index (χ4n) is 1.28. The number of hydrogen-bond donors (Lipinski definition) is 0. The molecule has 0 aromatic heterocycles. The summed E-state index contributed by atoms with van der Waals surface area (Å²) in [6, 6.07) is 0. The topological polar surface area (TPSA) is 9.23 Å². The molecular formula is C7H13IO. The molecule has 1 nitrogen and oxygen atoms in total. The summed E-state index contributed by atoms with van der Waals surface area (Å²) in [7, 11) is 0. The number of alkyl halides is 1. The molecule has 0 amide bonds. The Hall–Kier alpha value is 0.690. The third-order valence-corrected chi connectivity index (χ3v) is 3.18. The summed E-state index contributed by atoms with van der Waals surface area (Å²) in [6.07, 6.45) is 4.56. The molecule has 1 rings (SSSR count). The van der Waals surface area contributed by atoms with Crippen LogP contribution in [0.5, 0.6) is 0 Å². The minimum absolute atomic E-state index is 0.565. The predicted molar refractivity (Wildman–Crippen MR) is 47.1 cm³/mol. The molecule has 1 saturated carbocycles. The standard InChI is InChI=1S/C7H13IO/c1-2-9-7-5-3-4-6(7)8/h6-7H,2-5H2,1H3. The second kappa shape index (κ2) is 3.76. The molecule has 0 aliphatic heterocycles. The quantitative estimate of drug-likeness (QED) is 0.532. The number of halogens is 1. The van der Waals surface area contributed by atoms with E-state index in [9.17, 15) is 0 Å². The highest BCUT2D eigenvalue weighted by molar-refractivity contribution is 14.1. The van der Waals surface area contributed by atoms with Crippen LogP contribution in [0.15, 0.2) is 0 Å². The summed E-state index contributed by atoms with van der Waals surface area (Å²) >= 11 is 2.49. The van der Waals surface area contributed by atoms with Gasteiger partial charge < -0.3 is 4.74 Å². The average Bonchev–Trinajstić information content (AvgIpc) is 2.18. The van der Waals surface area contributed by atoms with Crippen molar-refractivity contribution in [3.05, 3.63) is 0 Å². The molecule has 2 heteroatoms. The van der Waals surface area contributed by atoms with Crippen molar-refractivity contribution in [2.75, 3.05) is 6.61 Å². The van der Waals surface area contributed by atoms with E-state index in [4.69, 9.17) is 4.74 Å². The van der Waals surface area contributed by atoms with Gasteiger partial charge in [-0.3, -0.25) is 0 Å². The monoisotopic (exact) mass is 240 g/mol. The maximum absolute atomic E-state index is 5.51. The summed E-state index contributed by atoms with van der Waals surface area (Å²) in [4.78, 5) is 0. The van der Waals surface area contributed by atoms with Crippen molar-refractivity contribution in [2.45, 2.75) is 36.2 Å². The van der Waals surface area contributed by atoms with Crippen LogP contribution in [0.4, 0.5) is 0 Å². The molecule has 1 aliphatic carbocycles. The van der Waals surface area contributed by atoms with Gasteiger partial charge in [-0.25, -0.2) is 0 Å². The number of ether oxygens (including phenoxy) is 1. The first kappa shape index (κ1) is 7.79. The van der Waals surface area contributed by atoms with Crippen LogP contribution < -0.4 is 0 Å². The lowest BCUT2D eigenvalue weighted by Gasteiger charge is -2.12. The van der Waals surface area contributed by atoms with Crippen molar-refractivity contribution in [1.82, 2.24) is 0 Å². The van der Waals surface area contributed by atoms with Gasteiger partial charge in [-0.15, -0.1) is 0 Å². The van der Waals surface area contributed by atoms with Crippen LogP contribution in [0.25, 0.3) is 0 Å². The molecule has 0 radical (unpaired) electrons. The molecule has 0 N–H and O–H groups in total. The van der Waals surface area contributed by atoms with Gasteiger partial charge in [-0.05, 0) is 26.2 Å². The maximum atomic E-state index is 5.51. The minimum Gasteiger partial charge on any atom is -0.377 e. The molecule has 0 aromatic rings. The fraction of sp³-hybridized carbons (Fsp3) is 1.00. The highest BCUT2D eigenvalue weighted by Gasteiger charge is 2.24. The largest absolute Gasteiger partial charge is 0.377 e. The molecule has 0 saturated heterocycles. The minimum atomic E-state index is 0.565. The molecular weight excluding hydrogens is 227 g/mol. The Morgan fingerprint density at radius 3 is 2.78 bits per heavy atom. The van der Waals surface area contributed by atoms with Crippen LogP contribution in [0.3, 0.4) is 0 Å².